The highest BCUT2D eigenvalue weighted by Gasteiger charge is 2.23. The highest BCUT2D eigenvalue weighted by molar-refractivity contribution is 5.82. The monoisotopic (exact) mass is 265 g/mol. The molecule has 2 N–H and O–H groups in total. The molecule has 0 bridgehead atoms. The largest absolute Gasteiger partial charge is 0.353 e. The summed E-state index contributed by atoms with van der Waals surface area (Å²) in [5.41, 5.74) is 2.23. The quantitative estimate of drug-likeness (QED) is 0.745. The van der Waals surface area contributed by atoms with Crippen LogP contribution in [0.3, 0.4) is 0 Å². The van der Waals surface area contributed by atoms with Crippen LogP contribution in [0.25, 0.3) is 0 Å². The number of hydrogen-bond donors (Lipinski definition) is 2. The molecule has 0 aromatic carbocycles. The average Bonchev–Trinajstić information content (AvgIpc) is 2.64. The van der Waals surface area contributed by atoms with Crippen LogP contribution >= 0.6 is 0 Å². The maximum absolute atomic E-state index is 11.5. The van der Waals surface area contributed by atoms with Gasteiger partial charge in [0, 0.05) is 32.2 Å². The van der Waals surface area contributed by atoms with E-state index in [0.717, 1.165) is 37.6 Å². The van der Waals surface area contributed by atoms with Crippen molar-refractivity contribution < 1.29 is 4.79 Å². The second kappa shape index (κ2) is 6.06. The van der Waals surface area contributed by atoms with Gasteiger partial charge in [-0.2, -0.15) is 5.10 Å². The third-order valence-electron chi connectivity index (χ3n) is 3.38. The number of rotatable bonds is 5. The van der Waals surface area contributed by atoms with Crippen LogP contribution in [0.1, 0.15) is 24.6 Å². The van der Waals surface area contributed by atoms with Crippen LogP contribution in [0.5, 0.6) is 0 Å². The first-order chi connectivity index (χ1) is 9.13. The third-order valence-corrected chi connectivity index (χ3v) is 3.38. The molecular formula is C13H23N5O. The molecule has 1 aliphatic heterocycles. The lowest BCUT2D eigenvalue weighted by Crippen LogP contribution is -2.48. The molecule has 1 saturated heterocycles. The molecule has 0 unspecified atom stereocenters. The van der Waals surface area contributed by atoms with E-state index in [-0.39, 0.29) is 5.91 Å². The minimum atomic E-state index is 0.0811. The minimum absolute atomic E-state index is 0.0811. The summed E-state index contributed by atoms with van der Waals surface area (Å²) in [5, 5.41) is 10.8. The summed E-state index contributed by atoms with van der Waals surface area (Å²) in [6.07, 6.45) is 1.11. The second-order valence-corrected chi connectivity index (χ2v) is 4.96. The normalized spacial score (nSPS) is 15.7. The molecule has 0 aliphatic carbocycles. The predicted molar refractivity (Wildman–Crippen MR) is 75.2 cm³/mol. The summed E-state index contributed by atoms with van der Waals surface area (Å²) in [7, 11) is 1.94. The molecule has 1 aromatic rings. The Kier molecular flexibility index (Phi) is 4.42. The van der Waals surface area contributed by atoms with Crippen molar-refractivity contribution in [2.75, 3.05) is 31.1 Å². The summed E-state index contributed by atoms with van der Waals surface area (Å²) in [4.78, 5) is 13.7. The van der Waals surface area contributed by atoms with E-state index in [2.05, 4.69) is 27.6 Å². The van der Waals surface area contributed by atoms with E-state index in [4.69, 9.17) is 0 Å². The van der Waals surface area contributed by atoms with Gasteiger partial charge < -0.3 is 15.5 Å². The first kappa shape index (κ1) is 13.9. The van der Waals surface area contributed by atoms with E-state index in [1.807, 2.05) is 18.7 Å². The fraction of sp³-hybridized carbons (Fsp3) is 0.692. The van der Waals surface area contributed by atoms with E-state index in [9.17, 15) is 4.79 Å². The van der Waals surface area contributed by atoms with Gasteiger partial charge in [-0.25, -0.2) is 0 Å². The van der Waals surface area contributed by atoms with Crippen molar-refractivity contribution in [3.8, 4) is 0 Å². The van der Waals surface area contributed by atoms with Gasteiger partial charge in [-0.05, 0) is 19.9 Å². The molecule has 1 aromatic heterocycles. The molecule has 0 atom stereocenters. The fourth-order valence-corrected chi connectivity index (χ4v) is 2.50. The molecule has 1 aliphatic rings. The summed E-state index contributed by atoms with van der Waals surface area (Å²) < 4.78 is 1.89. The Hall–Kier alpha value is -1.56. The van der Waals surface area contributed by atoms with Crippen LogP contribution in [-0.4, -0.2) is 41.9 Å². The SMILES string of the molecule is CCCNCc1c(C)nn(C)c1N1CCNC(=O)C1. The minimum Gasteiger partial charge on any atom is -0.353 e. The highest BCUT2D eigenvalue weighted by Crippen LogP contribution is 2.23. The number of anilines is 1. The molecule has 2 heterocycles. The van der Waals surface area contributed by atoms with Gasteiger partial charge in [-0.15, -0.1) is 0 Å². The van der Waals surface area contributed by atoms with E-state index in [1.165, 1.54) is 5.56 Å². The number of nitrogens with zero attached hydrogens (tertiary/aromatic N) is 3. The second-order valence-electron chi connectivity index (χ2n) is 4.96. The maximum atomic E-state index is 11.5. The lowest BCUT2D eigenvalue weighted by molar-refractivity contribution is -0.120. The number of amides is 1. The number of aromatic nitrogens is 2. The zero-order valence-electron chi connectivity index (χ0n) is 12.0. The molecule has 19 heavy (non-hydrogen) atoms. The van der Waals surface area contributed by atoms with Gasteiger partial charge >= 0.3 is 0 Å². The van der Waals surface area contributed by atoms with E-state index >= 15 is 0 Å². The fourth-order valence-electron chi connectivity index (χ4n) is 2.50. The third kappa shape index (κ3) is 3.07. The number of hydrogen-bond acceptors (Lipinski definition) is 4. The number of piperazine rings is 1. The van der Waals surface area contributed by atoms with Gasteiger partial charge in [-0.3, -0.25) is 9.48 Å². The van der Waals surface area contributed by atoms with Crippen LogP contribution in [-0.2, 0) is 18.4 Å². The van der Waals surface area contributed by atoms with Crippen LogP contribution in [0.4, 0.5) is 5.82 Å². The Morgan fingerprint density at radius 2 is 2.26 bits per heavy atom. The summed E-state index contributed by atoms with van der Waals surface area (Å²) >= 11 is 0. The van der Waals surface area contributed by atoms with Crippen molar-refractivity contribution in [1.82, 2.24) is 20.4 Å². The molecule has 0 saturated carbocycles. The maximum Gasteiger partial charge on any atom is 0.239 e. The molecule has 1 amide bonds. The lowest BCUT2D eigenvalue weighted by Gasteiger charge is -2.29. The summed E-state index contributed by atoms with van der Waals surface area (Å²) in [6.45, 7) is 7.93. The lowest BCUT2D eigenvalue weighted by atomic mass is 10.2. The van der Waals surface area contributed by atoms with Crippen LogP contribution in [0.2, 0.25) is 0 Å². The smallest absolute Gasteiger partial charge is 0.239 e. The standard InChI is InChI=1S/C13H23N5O/c1-4-5-14-8-11-10(2)16-17(3)13(11)18-7-6-15-12(19)9-18/h14H,4-9H2,1-3H3,(H,15,19). The van der Waals surface area contributed by atoms with Crippen molar-refractivity contribution in [3.63, 3.8) is 0 Å². The van der Waals surface area contributed by atoms with Gasteiger partial charge in [0.05, 0.1) is 12.2 Å². The van der Waals surface area contributed by atoms with Gasteiger partial charge in [0.1, 0.15) is 5.82 Å². The molecule has 2 rings (SSSR count). The predicted octanol–water partition coefficient (Wildman–Crippen LogP) is 0.164. The van der Waals surface area contributed by atoms with Crippen molar-refractivity contribution in [1.29, 1.82) is 0 Å². The molecule has 0 spiro atoms. The van der Waals surface area contributed by atoms with Crippen LogP contribution < -0.4 is 15.5 Å². The molecule has 6 heteroatoms. The van der Waals surface area contributed by atoms with E-state index in [1.54, 1.807) is 0 Å². The number of nitrogens with one attached hydrogen (secondary N) is 2. The number of carbonyl (C=O) groups is 1. The van der Waals surface area contributed by atoms with E-state index in [0.29, 0.717) is 13.1 Å². The van der Waals surface area contributed by atoms with Gasteiger partial charge in [0.2, 0.25) is 5.91 Å². The molecule has 6 nitrogen and oxygen atoms in total. The number of carbonyl (C=O) groups excluding carboxylic acids is 1. The molecular weight excluding hydrogens is 242 g/mol. The summed E-state index contributed by atoms with van der Waals surface area (Å²) in [5.74, 6) is 1.15. The highest BCUT2D eigenvalue weighted by atomic mass is 16.2. The van der Waals surface area contributed by atoms with Crippen molar-refractivity contribution in [3.05, 3.63) is 11.3 Å². The van der Waals surface area contributed by atoms with Gasteiger partial charge in [0.15, 0.2) is 0 Å². The van der Waals surface area contributed by atoms with Gasteiger partial charge in [-0.1, -0.05) is 6.92 Å². The Labute approximate surface area is 114 Å². The van der Waals surface area contributed by atoms with Gasteiger partial charge in [0.25, 0.3) is 0 Å². The first-order valence-electron chi connectivity index (χ1n) is 6.88. The summed E-state index contributed by atoms with van der Waals surface area (Å²) in [6, 6.07) is 0. The zero-order valence-corrected chi connectivity index (χ0v) is 12.0. The Bertz CT molecular complexity index is 454. The van der Waals surface area contributed by atoms with Crippen LogP contribution in [0, 0.1) is 6.92 Å². The Balaban J connectivity index is 2.20. The van der Waals surface area contributed by atoms with Crippen molar-refractivity contribution in [2.24, 2.45) is 7.05 Å². The topological polar surface area (TPSA) is 62.2 Å². The van der Waals surface area contributed by atoms with Crippen molar-refractivity contribution >= 4 is 11.7 Å². The molecule has 106 valence electrons. The number of aryl methyl sites for hydroxylation is 2. The zero-order chi connectivity index (χ0) is 13.8. The van der Waals surface area contributed by atoms with Crippen LogP contribution in [0.15, 0.2) is 0 Å². The van der Waals surface area contributed by atoms with Crippen molar-refractivity contribution in [2.45, 2.75) is 26.8 Å². The Morgan fingerprint density at radius 3 is 2.95 bits per heavy atom. The Morgan fingerprint density at radius 1 is 1.47 bits per heavy atom. The average molecular weight is 265 g/mol. The first-order valence-corrected chi connectivity index (χ1v) is 6.88. The molecule has 0 radical (unpaired) electrons. The van der Waals surface area contributed by atoms with E-state index < -0.39 is 0 Å². The molecule has 1 fully saturated rings.